The van der Waals surface area contributed by atoms with Crippen molar-refractivity contribution in [2.24, 2.45) is 0 Å². The molecule has 0 aliphatic heterocycles. The molecule has 1 aliphatic carbocycles. The maximum atomic E-state index is 12.4. The highest BCUT2D eigenvalue weighted by molar-refractivity contribution is 7.99. The van der Waals surface area contributed by atoms with Gasteiger partial charge >= 0.3 is 0 Å². The van der Waals surface area contributed by atoms with Gasteiger partial charge in [0.05, 0.1) is 23.1 Å². The van der Waals surface area contributed by atoms with E-state index in [-0.39, 0.29) is 23.3 Å². The molecule has 0 unspecified atom stereocenters. The number of hydrogen-bond donors (Lipinski definition) is 2. The van der Waals surface area contributed by atoms with E-state index in [9.17, 15) is 9.59 Å². The number of hydrogen-bond acceptors (Lipinski definition) is 6. The number of thiophene rings is 1. The molecule has 0 saturated carbocycles. The van der Waals surface area contributed by atoms with Crippen LogP contribution in [0.25, 0.3) is 10.2 Å². The minimum atomic E-state index is -0.0964. The van der Waals surface area contributed by atoms with Crippen LogP contribution in [0.5, 0.6) is 0 Å². The zero-order valence-electron chi connectivity index (χ0n) is 15.2. The van der Waals surface area contributed by atoms with Crippen LogP contribution in [0.3, 0.4) is 0 Å². The van der Waals surface area contributed by atoms with Crippen LogP contribution in [0.1, 0.15) is 42.6 Å². The molecule has 3 aromatic rings. The maximum Gasteiger partial charge on any atom is 0.259 e. The summed E-state index contributed by atoms with van der Waals surface area (Å²) in [6.45, 7) is 4.02. The van der Waals surface area contributed by atoms with Crippen molar-refractivity contribution in [3.05, 3.63) is 38.9 Å². The number of anilines is 1. The Hall–Kier alpha value is -2.13. The second kappa shape index (κ2) is 7.47. The maximum absolute atomic E-state index is 12.4. The second-order valence-electron chi connectivity index (χ2n) is 6.85. The molecule has 4 rings (SSSR count). The van der Waals surface area contributed by atoms with Gasteiger partial charge in [-0.25, -0.2) is 9.67 Å². The van der Waals surface area contributed by atoms with Crippen LogP contribution >= 0.6 is 23.1 Å². The van der Waals surface area contributed by atoms with E-state index in [0.717, 1.165) is 29.5 Å². The van der Waals surface area contributed by atoms with Crippen molar-refractivity contribution < 1.29 is 4.79 Å². The molecule has 1 amide bonds. The minimum absolute atomic E-state index is 0.0553. The number of aromatic amines is 1. The summed E-state index contributed by atoms with van der Waals surface area (Å²) < 4.78 is 1.77. The summed E-state index contributed by atoms with van der Waals surface area (Å²) in [6, 6.07) is 1.96. The number of amides is 1. The molecule has 1 aliphatic rings. The van der Waals surface area contributed by atoms with Gasteiger partial charge in [-0.05, 0) is 38.7 Å². The topological polar surface area (TPSA) is 92.7 Å². The highest BCUT2D eigenvalue weighted by Crippen LogP contribution is 2.34. The summed E-state index contributed by atoms with van der Waals surface area (Å²) in [5.41, 5.74) is 1.13. The molecule has 9 heteroatoms. The Morgan fingerprint density at radius 2 is 2.30 bits per heavy atom. The SMILES string of the molecule is CC(C)n1nccc1NC(=O)CSCc1nc2sc3c(c2c(=O)[nH]1)CCC3. The van der Waals surface area contributed by atoms with E-state index in [1.54, 1.807) is 28.3 Å². The zero-order valence-corrected chi connectivity index (χ0v) is 16.9. The van der Waals surface area contributed by atoms with Crippen LogP contribution in [0, 0.1) is 0 Å². The molecule has 0 saturated heterocycles. The third-order valence-electron chi connectivity index (χ3n) is 4.52. The molecule has 0 bridgehead atoms. The molecule has 3 heterocycles. The fraction of sp³-hybridized carbons (Fsp3) is 0.444. The smallest absolute Gasteiger partial charge is 0.259 e. The Kier molecular flexibility index (Phi) is 5.05. The van der Waals surface area contributed by atoms with Gasteiger partial charge in [0.25, 0.3) is 5.56 Å². The van der Waals surface area contributed by atoms with Gasteiger partial charge in [0.1, 0.15) is 16.5 Å². The molecule has 0 radical (unpaired) electrons. The van der Waals surface area contributed by atoms with Gasteiger partial charge in [-0.3, -0.25) is 9.59 Å². The zero-order chi connectivity index (χ0) is 19.0. The van der Waals surface area contributed by atoms with E-state index in [2.05, 4.69) is 20.4 Å². The third-order valence-corrected chi connectivity index (χ3v) is 6.65. The minimum Gasteiger partial charge on any atom is -0.310 e. The lowest BCUT2D eigenvalue weighted by atomic mass is 10.2. The first-order valence-electron chi connectivity index (χ1n) is 8.97. The average Bonchev–Trinajstić information content (AvgIpc) is 3.29. The van der Waals surface area contributed by atoms with Crippen LogP contribution < -0.4 is 10.9 Å². The first-order chi connectivity index (χ1) is 13.0. The van der Waals surface area contributed by atoms with Gasteiger partial charge < -0.3 is 10.3 Å². The standard InChI is InChI=1S/C18H21N5O2S2/c1-10(2)23-14(6-7-19-23)22-15(24)9-26-8-13-20-17(25)16-11-4-3-5-12(11)27-18(16)21-13/h6-7,10H,3-5,8-9H2,1-2H3,(H,22,24)(H,20,21,25). The highest BCUT2D eigenvalue weighted by Gasteiger charge is 2.21. The molecule has 0 atom stereocenters. The first-order valence-corrected chi connectivity index (χ1v) is 10.9. The largest absolute Gasteiger partial charge is 0.310 e. The third kappa shape index (κ3) is 3.66. The average molecular weight is 404 g/mol. The predicted octanol–water partition coefficient (Wildman–Crippen LogP) is 3.12. The van der Waals surface area contributed by atoms with E-state index < -0.39 is 0 Å². The van der Waals surface area contributed by atoms with Crippen molar-refractivity contribution in [1.82, 2.24) is 19.7 Å². The van der Waals surface area contributed by atoms with E-state index in [0.29, 0.717) is 17.4 Å². The summed E-state index contributed by atoms with van der Waals surface area (Å²) in [4.78, 5) is 34.2. The van der Waals surface area contributed by atoms with E-state index in [1.165, 1.54) is 22.2 Å². The Labute approximate surface area is 164 Å². The lowest BCUT2D eigenvalue weighted by Crippen LogP contribution is -2.18. The fourth-order valence-corrected chi connectivity index (χ4v) is 5.33. The normalized spacial score (nSPS) is 13.4. The quantitative estimate of drug-likeness (QED) is 0.660. The number of carbonyl (C=O) groups excluding carboxylic acids is 1. The van der Waals surface area contributed by atoms with Crippen molar-refractivity contribution in [3.63, 3.8) is 0 Å². The summed E-state index contributed by atoms with van der Waals surface area (Å²) in [6.07, 6.45) is 4.82. The van der Waals surface area contributed by atoms with Crippen LogP contribution in [0.2, 0.25) is 0 Å². The number of carbonyl (C=O) groups is 1. The Morgan fingerprint density at radius 3 is 3.11 bits per heavy atom. The molecule has 3 aromatic heterocycles. The second-order valence-corrected chi connectivity index (χ2v) is 8.92. The van der Waals surface area contributed by atoms with Gasteiger partial charge in [0, 0.05) is 17.0 Å². The van der Waals surface area contributed by atoms with Crippen molar-refractivity contribution in [2.45, 2.75) is 44.9 Å². The molecule has 0 spiro atoms. The van der Waals surface area contributed by atoms with Crippen molar-refractivity contribution >= 4 is 45.0 Å². The van der Waals surface area contributed by atoms with Gasteiger partial charge in [0.15, 0.2) is 0 Å². The van der Waals surface area contributed by atoms with E-state index in [4.69, 9.17) is 0 Å². The summed E-state index contributed by atoms with van der Waals surface area (Å²) >= 11 is 3.06. The van der Waals surface area contributed by atoms with Gasteiger partial charge in [-0.2, -0.15) is 5.10 Å². The molecule has 27 heavy (non-hydrogen) atoms. The molecule has 0 fully saturated rings. The number of aromatic nitrogens is 4. The summed E-state index contributed by atoms with van der Waals surface area (Å²) in [5.74, 6) is 1.99. The van der Waals surface area contributed by atoms with Crippen molar-refractivity contribution in [2.75, 3.05) is 11.1 Å². The van der Waals surface area contributed by atoms with Crippen molar-refractivity contribution in [1.29, 1.82) is 0 Å². The van der Waals surface area contributed by atoms with Gasteiger partial charge in [-0.15, -0.1) is 23.1 Å². The van der Waals surface area contributed by atoms with Gasteiger partial charge in [-0.1, -0.05) is 0 Å². The highest BCUT2D eigenvalue weighted by atomic mass is 32.2. The molecule has 7 nitrogen and oxygen atoms in total. The van der Waals surface area contributed by atoms with Crippen LogP contribution in [0.15, 0.2) is 17.1 Å². The van der Waals surface area contributed by atoms with Crippen LogP contribution in [-0.2, 0) is 23.4 Å². The number of fused-ring (bicyclic) bond motifs is 3. The van der Waals surface area contributed by atoms with Gasteiger partial charge in [0.2, 0.25) is 5.91 Å². The number of nitrogens with zero attached hydrogens (tertiary/aromatic N) is 3. The monoisotopic (exact) mass is 403 g/mol. The number of rotatable bonds is 6. The fourth-order valence-electron chi connectivity index (χ4n) is 3.36. The van der Waals surface area contributed by atoms with E-state index >= 15 is 0 Å². The number of aryl methyl sites for hydroxylation is 2. The Morgan fingerprint density at radius 1 is 1.44 bits per heavy atom. The predicted molar refractivity (Wildman–Crippen MR) is 110 cm³/mol. The van der Waals surface area contributed by atoms with E-state index in [1.807, 2.05) is 13.8 Å². The molecule has 142 valence electrons. The Balaban J connectivity index is 1.38. The molecular formula is C18H21N5O2S2. The number of H-pyrrole nitrogens is 1. The number of thioether (sulfide) groups is 1. The Bertz CT molecular complexity index is 1050. The number of nitrogens with one attached hydrogen (secondary N) is 2. The summed E-state index contributed by atoms with van der Waals surface area (Å²) in [5, 5.41) is 7.84. The lowest BCUT2D eigenvalue weighted by Gasteiger charge is -2.11. The molecule has 0 aromatic carbocycles. The van der Waals surface area contributed by atoms with Crippen LogP contribution in [-0.4, -0.2) is 31.4 Å². The molecular weight excluding hydrogens is 382 g/mol. The van der Waals surface area contributed by atoms with Crippen LogP contribution in [0.4, 0.5) is 5.82 Å². The molecule has 2 N–H and O–H groups in total. The lowest BCUT2D eigenvalue weighted by molar-refractivity contribution is -0.113. The first kappa shape index (κ1) is 18.2. The van der Waals surface area contributed by atoms with Crippen molar-refractivity contribution in [3.8, 4) is 0 Å². The summed E-state index contributed by atoms with van der Waals surface area (Å²) in [7, 11) is 0.